The Hall–Kier alpha value is -3.75. The van der Waals surface area contributed by atoms with Crippen molar-refractivity contribution in [1.29, 1.82) is 0 Å². The van der Waals surface area contributed by atoms with Crippen LogP contribution in [0.3, 0.4) is 0 Å². The van der Waals surface area contributed by atoms with Crippen LogP contribution in [0, 0.1) is 5.82 Å². The second-order valence-corrected chi connectivity index (χ2v) is 6.74. The highest BCUT2D eigenvalue weighted by Crippen LogP contribution is 2.28. The van der Waals surface area contributed by atoms with E-state index in [1.54, 1.807) is 37.3 Å². The molecule has 8 nitrogen and oxygen atoms in total. The molecule has 2 aromatic carbocycles. The average Bonchev–Trinajstić information content (AvgIpc) is 2.89. The van der Waals surface area contributed by atoms with Crippen LogP contribution in [0.2, 0.25) is 0 Å². The molecule has 1 aliphatic heterocycles. The van der Waals surface area contributed by atoms with Gasteiger partial charge in [0.15, 0.2) is 0 Å². The third-order valence-corrected chi connectivity index (χ3v) is 4.49. The summed E-state index contributed by atoms with van der Waals surface area (Å²) in [5, 5.41) is 7.41. The third kappa shape index (κ3) is 4.08. The number of anilines is 2. The molecule has 3 rings (SSSR count). The van der Waals surface area contributed by atoms with Crippen molar-refractivity contribution in [2.75, 3.05) is 17.2 Å². The number of rotatable bonds is 5. The number of hydrogen-bond donors (Lipinski definition) is 3. The van der Waals surface area contributed by atoms with Gasteiger partial charge in [0.25, 0.3) is 5.91 Å². The molecule has 5 amide bonds. The van der Waals surface area contributed by atoms with Crippen molar-refractivity contribution >= 4 is 35.1 Å². The number of urea groups is 1. The lowest BCUT2D eigenvalue weighted by Crippen LogP contribution is -2.42. The van der Waals surface area contributed by atoms with Gasteiger partial charge in [0.1, 0.15) is 17.9 Å². The second-order valence-electron chi connectivity index (χ2n) is 6.74. The SMILES string of the molecule is CC(=O)Nc1cc(NC(=O)CN2C(=O)NC(C)(c3ccccc3)C2=O)ccc1F. The molecule has 1 fully saturated rings. The van der Waals surface area contributed by atoms with Crippen LogP contribution < -0.4 is 16.0 Å². The van der Waals surface area contributed by atoms with Gasteiger partial charge in [0, 0.05) is 12.6 Å². The smallest absolute Gasteiger partial charge is 0.324 e. The molecule has 1 saturated heterocycles. The number of carbonyl (C=O) groups excluding carboxylic acids is 4. The Morgan fingerprint density at radius 1 is 1.10 bits per heavy atom. The van der Waals surface area contributed by atoms with Gasteiger partial charge in [-0.15, -0.1) is 0 Å². The van der Waals surface area contributed by atoms with Crippen LogP contribution in [0.1, 0.15) is 19.4 Å². The normalized spacial score (nSPS) is 18.4. The van der Waals surface area contributed by atoms with Crippen molar-refractivity contribution in [2.24, 2.45) is 0 Å². The number of hydrogen-bond acceptors (Lipinski definition) is 4. The molecule has 0 spiro atoms. The topological polar surface area (TPSA) is 108 Å². The summed E-state index contributed by atoms with van der Waals surface area (Å²) in [4.78, 5) is 49.4. The van der Waals surface area contributed by atoms with E-state index in [0.29, 0.717) is 5.56 Å². The Balaban J connectivity index is 1.72. The minimum atomic E-state index is -1.27. The zero-order valence-electron chi connectivity index (χ0n) is 15.8. The van der Waals surface area contributed by atoms with Crippen LogP contribution in [0.25, 0.3) is 0 Å². The van der Waals surface area contributed by atoms with Gasteiger partial charge in [-0.1, -0.05) is 30.3 Å². The summed E-state index contributed by atoms with van der Waals surface area (Å²) in [6.07, 6.45) is 0. The summed E-state index contributed by atoms with van der Waals surface area (Å²) in [6.45, 7) is 2.28. The summed E-state index contributed by atoms with van der Waals surface area (Å²) in [5.41, 5.74) is -0.563. The first kappa shape index (κ1) is 20.0. The van der Waals surface area contributed by atoms with E-state index in [2.05, 4.69) is 16.0 Å². The predicted octanol–water partition coefficient (Wildman–Crippen LogP) is 2.19. The van der Waals surface area contributed by atoms with Crippen LogP contribution >= 0.6 is 0 Å². The van der Waals surface area contributed by atoms with Gasteiger partial charge >= 0.3 is 6.03 Å². The molecule has 29 heavy (non-hydrogen) atoms. The third-order valence-electron chi connectivity index (χ3n) is 4.49. The van der Waals surface area contributed by atoms with Crippen molar-refractivity contribution in [3.8, 4) is 0 Å². The van der Waals surface area contributed by atoms with Gasteiger partial charge < -0.3 is 16.0 Å². The summed E-state index contributed by atoms with van der Waals surface area (Å²) in [5.74, 6) is -2.33. The Labute approximate surface area is 166 Å². The van der Waals surface area contributed by atoms with Gasteiger partial charge in [0.2, 0.25) is 11.8 Å². The predicted molar refractivity (Wildman–Crippen MR) is 103 cm³/mol. The van der Waals surface area contributed by atoms with E-state index in [4.69, 9.17) is 0 Å². The maximum absolute atomic E-state index is 13.7. The van der Waals surface area contributed by atoms with Gasteiger partial charge in [0.05, 0.1) is 5.69 Å². The average molecular weight is 398 g/mol. The summed E-state index contributed by atoms with van der Waals surface area (Å²) < 4.78 is 13.7. The van der Waals surface area contributed by atoms with Crippen LogP contribution in [-0.2, 0) is 19.9 Å². The highest BCUT2D eigenvalue weighted by molar-refractivity contribution is 6.10. The number of nitrogens with one attached hydrogen (secondary N) is 3. The monoisotopic (exact) mass is 398 g/mol. The number of benzene rings is 2. The summed E-state index contributed by atoms with van der Waals surface area (Å²) >= 11 is 0. The largest absolute Gasteiger partial charge is 0.325 e. The molecule has 1 atom stereocenters. The van der Waals surface area contributed by atoms with E-state index >= 15 is 0 Å². The number of nitrogens with zero attached hydrogens (tertiary/aromatic N) is 1. The van der Waals surface area contributed by atoms with Gasteiger partial charge in [-0.2, -0.15) is 0 Å². The molecule has 3 N–H and O–H groups in total. The molecular weight excluding hydrogens is 379 g/mol. The first-order valence-corrected chi connectivity index (χ1v) is 8.77. The Bertz CT molecular complexity index is 995. The van der Waals surface area contributed by atoms with Crippen molar-refractivity contribution < 1.29 is 23.6 Å². The van der Waals surface area contributed by atoms with Crippen molar-refractivity contribution in [2.45, 2.75) is 19.4 Å². The lowest BCUT2D eigenvalue weighted by molar-refractivity contribution is -0.133. The molecular formula is C20H19FN4O4. The molecule has 0 bridgehead atoms. The Morgan fingerprint density at radius 3 is 2.45 bits per heavy atom. The minimum Gasteiger partial charge on any atom is -0.324 e. The quantitative estimate of drug-likeness (QED) is 0.671. The van der Waals surface area contributed by atoms with Gasteiger partial charge in [-0.25, -0.2) is 9.18 Å². The number of amides is 5. The van der Waals surface area contributed by atoms with Crippen LogP contribution in [0.4, 0.5) is 20.6 Å². The molecule has 0 aliphatic carbocycles. The van der Waals surface area contributed by atoms with Crippen LogP contribution in [0.15, 0.2) is 48.5 Å². The molecule has 0 radical (unpaired) electrons. The lowest BCUT2D eigenvalue weighted by atomic mass is 9.92. The minimum absolute atomic E-state index is 0.0954. The maximum Gasteiger partial charge on any atom is 0.325 e. The maximum atomic E-state index is 13.7. The van der Waals surface area contributed by atoms with E-state index in [9.17, 15) is 23.6 Å². The Morgan fingerprint density at radius 2 is 1.79 bits per heavy atom. The summed E-state index contributed by atoms with van der Waals surface area (Å²) in [6, 6.07) is 11.7. The van der Waals surface area contributed by atoms with Gasteiger partial charge in [-0.05, 0) is 30.7 Å². The number of halogens is 1. The van der Waals surface area contributed by atoms with Crippen molar-refractivity contribution in [3.63, 3.8) is 0 Å². The molecule has 2 aromatic rings. The molecule has 1 unspecified atom stereocenters. The first-order chi connectivity index (χ1) is 13.7. The van der Waals surface area contributed by atoms with Crippen molar-refractivity contribution in [3.05, 3.63) is 59.9 Å². The molecule has 1 heterocycles. The molecule has 9 heteroatoms. The lowest BCUT2D eigenvalue weighted by Gasteiger charge is -2.22. The number of carbonyl (C=O) groups is 4. The molecule has 150 valence electrons. The molecule has 0 aromatic heterocycles. The summed E-state index contributed by atoms with van der Waals surface area (Å²) in [7, 11) is 0. The van der Waals surface area contributed by atoms with Crippen LogP contribution in [-0.4, -0.2) is 35.2 Å². The van der Waals surface area contributed by atoms with E-state index in [-0.39, 0.29) is 11.4 Å². The molecule has 0 saturated carbocycles. The standard InChI is InChI=1S/C20H19FN4O4/c1-12(26)22-16-10-14(8-9-15(16)21)23-17(27)11-25-18(28)20(2,24-19(25)29)13-6-4-3-5-7-13/h3-10H,11H2,1-2H3,(H,22,26)(H,23,27)(H,24,29). The highest BCUT2D eigenvalue weighted by Gasteiger charge is 2.49. The van der Waals surface area contributed by atoms with Crippen molar-refractivity contribution in [1.82, 2.24) is 10.2 Å². The fourth-order valence-electron chi connectivity index (χ4n) is 3.04. The van der Waals surface area contributed by atoms with E-state index in [1.807, 2.05) is 0 Å². The number of imide groups is 1. The molecule has 1 aliphatic rings. The van der Waals surface area contributed by atoms with E-state index in [0.717, 1.165) is 11.0 Å². The zero-order valence-corrected chi connectivity index (χ0v) is 15.8. The van der Waals surface area contributed by atoms with E-state index < -0.39 is 41.7 Å². The van der Waals surface area contributed by atoms with Crippen LogP contribution in [0.5, 0.6) is 0 Å². The fourth-order valence-corrected chi connectivity index (χ4v) is 3.04. The Kier molecular flexibility index (Phi) is 5.31. The second kappa shape index (κ2) is 7.70. The van der Waals surface area contributed by atoms with Gasteiger partial charge in [-0.3, -0.25) is 19.3 Å². The fraction of sp³-hybridized carbons (Fsp3) is 0.200. The highest BCUT2D eigenvalue weighted by atomic mass is 19.1. The van der Waals surface area contributed by atoms with E-state index in [1.165, 1.54) is 19.1 Å². The zero-order chi connectivity index (χ0) is 21.2. The first-order valence-electron chi connectivity index (χ1n) is 8.77.